The van der Waals surface area contributed by atoms with E-state index < -0.39 is 11.7 Å². The van der Waals surface area contributed by atoms with E-state index in [1.807, 2.05) is 12.1 Å². The molecule has 0 saturated heterocycles. The minimum absolute atomic E-state index is 0.108. The zero-order chi connectivity index (χ0) is 15.6. The van der Waals surface area contributed by atoms with Crippen LogP contribution in [0.4, 0.5) is 4.79 Å². The summed E-state index contributed by atoms with van der Waals surface area (Å²) in [5.41, 5.74) is 1.44. The predicted molar refractivity (Wildman–Crippen MR) is 81.6 cm³/mol. The number of ketones is 1. The SMILES string of the molecule is CC(C)(C)OC(=O)NC1CC(=O)Cc2ccc(Cl)cc2C1. The van der Waals surface area contributed by atoms with Gasteiger partial charge in [-0.3, -0.25) is 4.79 Å². The number of carbonyl (C=O) groups is 2. The molecule has 0 bridgehead atoms. The summed E-state index contributed by atoms with van der Waals surface area (Å²) in [6.45, 7) is 5.42. The Hall–Kier alpha value is -1.55. The molecule has 0 radical (unpaired) electrons. The molecule has 0 saturated carbocycles. The van der Waals surface area contributed by atoms with Gasteiger partial charge in [0.25, 0.3) is 0 Å². The van der Waals surface area contributed by atoms with E-state index in [1.165, 1.54) is 0 Å². The largest absolute Gasteiger partial charge is 0.444 e. The number of hydrogen-bond acceptors (Lipinski definition) is 3. The maximum absolute atomic E-state index is 12.0. The predicted octanol–water partition coefficient (Wildman–Crippen LogP) is 3.29. The minimum atomic E-state index is -0.556. The van der Waals surface area contributed by atoms with Gasteiger partial charge in [0, 0.05) is 23.9 Å². The first kappa shape index (κ1) is 15.8. The van der Waals surface area contributed by atoms with E-state index in [0.717, 1.165) is 11.1 Å². The molecule has 5 heteroatoms. The van der Waals surface area contributed by atoms with Gasteiger partial charge in [-0.1, -0.05) is 17.7 Å². The summed E-state index contributed by atoms with van der Waals surface area (Å²) < 4.78 is 5.24. The minimum Gasteiger partial charge on any atom is -0.444 e. The summed E-state index contributed by atoms with van der Waals surface area (Å²) >= 11 is 6.01. The van der Waals surface area contributed by atoms with Crippen molar-refractivity contribution in [3.8, 4) is 0 Å². The third-order valence-corrected chi connectivity index (χ3v) is 3.45. The van der Waals surface area contributed by atoms with Crippen molar-refractivity contribution >= 4 is 23.5 Å². The standard InChI is InChI=1S/C16H20ClNO3/c1-16(2,3)21-15(20)18-13-7-11-6-12(17)5-4-10(11)8-14(19)9-13/h4-6,13H,7-9H2,1-3H3,(H,18,20). The highest BCUT2D eigenvalue weighted by Crippen LogP contribution is 2.23. The van der Waals surface area contributed by atoms with Crippen LogP contribution in [0, 0.1) is 0 Å². The normalized spacial score (nSPS) is 18.7. The van der Waals surface area contributed by atoms with Crippen molar-refractivity contribution in [1.29, 1.82) is 0 Å². The summed E-state index contributed by atoms with van der Waals surface area (Å²) in [5, 5.41) is 3.42. The molecule has 1 unspecified atom stereocenters. The highest BCUT2D eigenvalue weighted by molar-refractivity contribution is 6.30. The molecule has 0 aromatic heterocycles. The topological polar surface area (TPSA) is 55.4 Å². The number of ether oxygens (including phenoxy) is 1. The molecule has 4 nitrogen and oxygen atoms in total. The molecule has 1 atom stereocenters. The second kappa shape index (κ2) is 6.06. The fraction of sp³-hybridized carbons (Fsp3) is 0.500. The zero-order valence-corrected chi connectivity index (χ0v) is 13.3. The molecule has 114 valence electrons. The molecule has 0 spiro atoms. The molecule has 1 aliphatic carbocycles. The number of hydrogen-bond donors (Lipinski definition) is 1. The summed E-state index contributed by atoms with van der Waals surface area (Å²) in [4.78, 5) is 23.8. The van der Waals surface area contributed by atoms with Gasteiger partial charge in [-0.25, -0.2) is 4.79 Å². The van der Waals surface area contributed by atoms with Gasteiger partial charge in [0.05, 0.1) is 0 Å². The van der Waals surface area contributed by atoms with E-state index in [1.54, 1.807) is 26.8 Å². The Morgan fingerprint density at radius 2 is 2.00 bits per heavy atom. The van der Waals surface area contributed by atoms with Crippen molar-refractivity contribution in [3.63, 3.8) is 0 Å². The molecule has 2 rings (SSSR count). The first-order valence-corrected chi connectivity index (χ1v) is 7.39. The Kier molecular flexibility index (Phi) is 4.57. The molecule has 1 aromatic carbocycles. The molecule has 1 N–H and O–H groups in total. The van der Waals surface area contributed by atoms with Crippen LogP contribution in [-0.2, 0) is 22.4 Å². The van der Waals surface area contributed by atoms with Crippen LogP contribution in [0.1, 0.15) is 38.3 Å². The summed E-state index contributed by atoms with van der Waals surface area (Å²) in [6.07, 6.45) is 0.789. The van der Waals surface area contributed by atoms with Crippen LogP contribution in [0.5, 0.6) is 0 Å². The maximum atomic E-state index is 12.0. The van der Waals surface area contributed by atoms with E-state index >= 15 is 0 Å². The Morgan fingerprint density at radius 3 is 2.67 bits per heavy atom. The van der Waals surface area contributed by atoms with E-state index in [-0.39, 0.29) is 11.8 Å². The monoisotopic (exact) mass is 309 g/mol. The molecular weight excluding hydrogens is 290 g/mol. The number of amides is 1. The van der Waals surface area contributed by atoms with Crippen LogP contribution in [0.2, 0.25) is 5.02 Å². The molecule has 1 amide bonds. The number of halogens is 1. The summed E-state index contributed by atoms with van der Waals surface area (Å²) in [5.74, 6) is 0.108. The fourth-order valence-electron chi connectivity index (χ4n) is 2.43. The lowest BCUT2D eigenvalue weighted by atomic mass is 10.0. The zero-order valence-electron chi connectivity index (χ0n) is 12.5. The van der Waals surface area contributed by atoms with Gasteiger partial charge < -0.3 is 10.1 Å². The molecule has 1 aliphatic rings. The fourth-order valence-corrected chi connectivity index (χ4v) is 2.62. The van der Waals surface area contributed by atoms with E-state index in [2.05, 4.69) is 5.32 Å². The van der Waals surface area contributed by atoms with Crippen LogP contribution in [-0.4, -0.2) is 23.5 Å². The van der Waals surface area contributed by atoms with Crippen LogP contribution in [0.15, 0.2) is 18.2 Å². The van der Waals surface area contributed by atoms with Crippen LogP contribution in [0.25, 0.3) is 0 Å². The van der Waals surface area contributed by atoms with Crippen molar-refractivity contribution in [2.45, 2.75) is 51.7 Å². The Balaban J connectivity index is 2.11. The maximum Gasteiger partial charge on any atom is 0.407 e. The first-order valence-electron chi connectivity index (χ1n) is 7.01. The number of rotatable bonds is 1. The number of alkyl carbamates (subject to hydrolysis) is 1. The van der Waals surface area contributed by atoms with Crippen molar-refractivity contribution in [1.82, 2.24) is 5.32 Å². The van der Waals surface area contributed by atoms with Crippen molar-refractivity contribution in [3.05, 3.63) is 34.3 Å². The van der Waals surface area contributed by atoms with Crippen molar-refractivity contribution < 1.29 is 14.3 Å². The van der Waals surface area contributed by atoms with Crippen LogP contribution < -0.4 is 5.32 Å². The third kappa shape index (κ3) is 4.74. The van der Waals surface area contributed by atoms with E-state index in [9.17, 15) is 9.59 Å². The lowest BCUT2D eigenvalue weighted by Crippen LogP contribution is -2.40. The van der Waals surface area contributed by atoms with Gasteiger partial charge in [0.2, 0.25) is 0 Å². The first-order chi connectivity index (χ1) is 9.73. The van der Waals surface area contributed by atoms with Gasteiger partial charge >= 0.3 is 6.09 Å². The second-order valence-corrected chi connectivity index (χ2v) is 6.82. The second-order valence-electron chi connectivity index (χ2n) is 6.38. The Labute approximate surface area is 129 Å². The molecule has 0 heterocycles. The van der Waals surface area contributed by atoms with Crippen LogP contribution in [0.3, 0.4) is 0 Å². The van der Waals surface area contributed by atoms with Gasteiger partial charge in [0.1, 0.15) is 11.4 Å². The average Bonchev–Trinajstić information content (AvgIpc) is 2.43. The molecule has 1 aromatic rings. The molecule has 0 aliphatic heterocycles. The van der Waals surface area contributed by atoms with Gasteiger partial charge in [-0.2, -0.15) is 0 Å². The summed E-state index contributed by atoms with van der Waals surface area (Å²) in [6, 6.07) is 5.27. The summed E-state index contributed by atoms with van der Waals surface area (Å²) in [7, 11) is 0. The van der Waals surface area contributed by atoms with Crippen molar-refractivity contribution in [2.24, 2.45) is 0 Å². The smallest absolute Gasteiger partial charge is 0.407 e. The highest BCUT2D eigenvalue weighted by Gasteiger charge is 2.25. The average molecular weight is 310 g/mol. The number of Topliss-reactive ketones (excluding diaryl/α,β-unsaturated/α-hetero) is 1. The van der Waals surface area contributed by atoms with E-state index in [4.69, 9.17) is 16.3 Å². The molecular formula is C16H20ClNO3. The quantitative estimate of drug-likeness (QED) is 0.810. The lowest BCUT2D eigenvalue weighted by molar-refractivity contribution is -0.118. The number of nitrogens with one attached hydrogen (secondary N) is 1. The van der Waals surface area contributed by atoms with Gasteiger partial charge in [0.15, 0.2) is 0 Å². The number of benzene rings is 1. The number of carbonyl (C=O) groups excluding carboxylic acids is 2. The molecule has 21 heavy (non-hydrogen) atoms. The lowest BCUT2D eigenvalue weighted by Gasteiger charge is -2.23. The van der Waals surface area contributed by atoms with Gasteiger partial charge in [-0.05, 0) is 50.5 Å². The Morgan fingerprint density at radius 1 is 1.29 bits per heavy atom. The third-order valence-electron chi connectivity index (χ3n) is 3.22. The van der Waals surface area contributed by atoms with Crippen LogP contribution >= 0.6 is 11.6 Å². The van der Waals surface area contributed by atoms with Crippen molar-refractivity contribution in [2.75, 3.05) is 0 Å². The number of fused-ring (bicyclic) bond motifs is 1. The Bertz CT molecular complexity index is 563. The van der Waals surface area contributed by atoms with Gasteiger partial charge in [-0.15, -0.1) is 0 Å². The highest BCUT2D eigenvalue weighted by atomic mass is 35.5. The van der Waals surface area contributed by atoms with E-state index in [0.29, 0.717) is 24.3 Å². The molecule has 0 fully saturated rings.